The van der Waals surface area contributed by atoms with Gasteiger partial charge in [0.15, 0.2) is 0 Å². The first kappa shape index (κ1) is 14.9. The second kappa shape index (κ2) is 5.83. The number of rotatable bonds is 3. The molecule has 0 aliphatic heterocycles. The third kappa shape index (κ3) is 3.12. The molecule has 0 aliphatic carbocycles. The van der Waals surface area contributed by atoms with Gasteiger partial charge in [-0.25, -0.2) is 0 Å². The van der Waals surface area contributed by atoms with Crippen LogP contribution in [0.1, 0.15) is 27.2 Å². The molecular weight excluding hydrogens is 316 g/mol. The van der Waals surface area contributed by atoms with Gasteiger partial charge in [-0.15, -0.1) is 0 Å². The van der Waals surface area contributed by atoms with Crippen LogP contribution in [0.25, 0.3) is 0 Å². The molecule has 1 aromatic heterocycles. The van der Waals surface area contributed by atoms with Gasteiger partial charge < -0.3 is 9.47 Å². The van der Waals surface area contributed by atoms with Crippen LogP contribution in [0.2, 0.25) is 0 Å². The van der Waals surface area contributed by atoms with Crippen molar-refractivity contribution in [3.63, 3.8) is 0 Å². The molecule has 0 saturated carbocycles. The number of benzene rings is 1. The van der Waals surface area contributed by atoms with E-state index in [1.54, 1.807) is 4.90 Å². The Morgan fingerprint density at radius 1 is 1.30 bits per heavy atom. The van der Waals surface area contributed by atoms with E-state index in [2.05, 4.69) is 48.0 Å². The van der Waals surface area contributed by atoms with Gasteiger partial charge in [-0.3, -0.25) is 4.79 Å². The molecule has 0 bridgehead atoms. The van der Waals surface area contributed by atoms with E-state index in [4.69, 9.17) is 0 Å². The molecule has 2 rings (SSSR count). The number of aryl methyl sites for hydroxylation is 3. The van der Waals surface area contributed by atoms with Crippen molar-refractivity contribution in [3.05, 3.63) is 57.3 Å². The Kier molecular flexibility index (Phi) is 4.33. The molecule has 0 atom stereocenters. The predicted molar refractivity (Wildman–Crippen MR) is 84.8 cm³/mol. The summed E-state index contributed by atoms with van der Waals surface area (Å²) in [5, 5.41) is 0. The largest absolute Gasteiger partial charge is 0.345 e. The summed E-state index contributed by atoms with van der Waals surface area (Å²) in [6.07, 6.45) is 1.89. The average molecular weight is 335 g/mol. The SMILES string of the molecule is Cc1ccc(CN(C)C(=O)c2cc(Br)cn2C)c(C)c1. The Morgan fingerprint density at radius 2 is 2.00 bits per heavy atom. The van der Waals surface area contributed by atoms with Crippen molar-refractivity contribution >= 4 is 21.8 Å². The summed E-state index contributed by atoms with van der Waals surface area (Å²) in [4.78, 5) is 14.2. The van der Waals surface area contributed by atoms with Crippen LogP contribution in [0.4, 0.5) is 0 Å². The summed E-state index contributed by atoms with van der Waals surface area (Å²) < 4.78 is 2.76. The van der Waals surface area contributed by atoms with E-state index in [9.17, 15) is 4.79 Å². The summed E-state index contributed by atoms with van der Waals surface area (Å²) in [6.45, 7) is 4.78. The van der Waals surface area contributed by atoms with Gasteiger partial charge in [-0.05, 0) is 47.0 Å². The molecule has 0 radical (unpaired) electrons. The summed E-state index contributed by atoms with van der Waals surface area (Å²) in [6, 6.07) is 8.17. The molecule has 2 aromatic rings. The van der Waals surface area contributed by atoms with Crippen LogP contribution in [0.5, 0.6) is 0 Å². The first-order chi connectivity index (χ1) is 9.38. The van der Waals surface area contributed by atoms with E-state index >= 15 is 0 Å². The standard InChI is InChI=1S/C16H19BrN2O/c1-11-5-6-13(12(2)7-11)9-19(4)16(20)15-8-14(17)10-18(15)3/h5-8,10H,9H2,1-4H3. The Labute approximate surface area is 128 Å². The van der Waals surface area contributed by atoms with Gasteiger partial charge >= 0.3 is 0 Å². The minimum atomic E-state index is 0.0261. The monoisotopic (exact) mass is 334 g/mol. The maximum absolute atomic E-state index is 12.4. The second-order valence-electron chi connectivity index (χ2n) is 5.25. The summed E-state index contributed by atoms with van der Waals surface area (Å²) in [5.74, 6) is 0.0261. The molecule has 1 amide bonds. The zero-order chi connectivity index (χ0) is 14.9. The summed E-state index contributed by atoms with van der Waals surface area (Å²) in [7, 11) is 3.71. The molecule has 1 aromatic carbocycles. The fourth-order valence-electron chi connectivity index (χ4n) is 2.28. The van der Waals surface area contributed by atoms with E-state index in [1.165, 1.54) is 16.7 Å². The van der Waals surface area contributed by atoms with E-state index < -0.39 is 0 Å². The molecule has 0 spiro atoms. The Morgan fingerprint density at radius 3 is 2.55 bits per heavy atom. The predicted octanol–water partition coefficient (Wildman–Crippen LogP) is 3.68. The number of nitrogens with zero attached hydrogens (tertiary/aromatic N) is 2. The fraction of sp³-hybridized carbons (Fsp3) is 0.312. The number of carbonyl (C=O) groups excluding carboxylic acids is 1. The third-order valence-corrected chi connectivity index (χ3v) is 3.88. The third-order valence-electron chi connectivity index (χ3n) is 3.44. The number of hydrogen-bond donors (Lipinski definition) is 0. The van der Waals surface area contributed by atoms with Gasteiger partial charge in [-0.2, -0.15) is 0 Å². The van der Waals surface area contributed by atoms with Crippen LogP contribution in [-0.4, -0.2) is 22.4 Å². The lowest BCUT2D eigenvalue weighted by Gasteiger charge is -2.19. The Hall–Kier alpha value is -1.55. The summed E-state index contributed by atoms with van der Waals surface area (Å²) >= 11 is 3.40. The molecule has 0 N–H and O–H groups in total. The number of halogens is 1. The number of hydrogen-bond acceptors (Lipinski definition) is 1. The average Bonchev–Trinajstić information content (AvgIpc) is 2.71. The number of aromatic nitrogens is 1. The Bertz CT molecular complexity index is 646. The highest BCUT2D eigenvalue weighted by Crippen LogP contribution is 2.17. The van der Waals surface area contributed by atoms with Crippen molar-refractivity contribution in [3.8, 4) is 0 Å². The first-order valence-corrected chi connectivity index (χ1v) is 7.31. The second-order valence-corrected chi connectivity index (χ2v) is 6.16. The van der Waals surface area contributed by atoms with Gasteiger partial charge in [0, 0.05) is 31.3 Å². The summed E-state index contributed by atoms with van der Waals surface area (Å²) in [5.41, 5.74) is 4.33. The number of amides is 1. The molecule has 0 saturated heterocycles. The van der Waals surface area contributed by atoms with E-state index in [1.807, 2.05) is 30.9 Å². The zero-order valence-corrected chi connectivity index (χ0v) is 13.9. The molecule has 0 aliphatic rings. The molecule has 106 valence electrons. The molecule has 0 unspecified atom stereocenters. The van der Waals surface area contributed by atoms with Crippen molar-refractivity contribution in [2.45, 2.75) is 20.4 Å². The molecule has 4 heteroatoms. The maximum atomic E-state index is 12.4. The fourth-order valence-corrected chi connectivity index (χ4v) is 2.81. The van der Waals surface area contributed by atoms with Crippen molar-refractivity contribution in [1.82, 2.24) is 9.47 Å². The minimum Gasteiger partial charge on any atom is -0.345 e. The van der Waals surface area contributed by atoms with Crippen LogP contribution in [0, 0.1) is 13.8 Å². The van der Waals surface area contributed by atoms with E-state index in [-0.39, 0.29) is 5.91 Å². The highest BCUT2D eigenvalue weighted by Gasteiger charge is 2.16. The minimum absolute atomic E-state index is 0.0261. The van der Waals surface area contributed by atoms with Crippen molar-refractivity contribution in [2.24, 2.45) is 7.05 Å². The Balaban J connectivity index is 2.17. The van der Waals surface area contributed by atoms with E-state index in [0.29, 0.717) is 12.2 Å². The lowest BCUT2D eigenvalue weighted by atomic mass is 10.1. The lowest BCUT2D eigenvalue weighted by Crippen LogP contribution is -2.28. The van der Waals surface area contributed by atoms with Crippen molar-refractivity contribution < 1.29 is 4.79 Å². The van der Waals surface area contributed by atoms with Crippen LogP contribution >= 0.6 is 15.9 Å². The van der Waals surface area contributed by atoms with Crippen molar-refractivity contribution in [1.29, 1.82) is 0 Å². The highest BCUT2D eigenvalue weighted by molar-refractivity contribution is 9.10. The molecule has 3 nitrogen and oxygen atoms in total. The molecule has 20 heavy (non-hydrogen) atoms. The highest BCUT2D eigenvalue weighted by atomic mass is 79.9. The quantitative estimate of drug-likeness (QED) is 0.840. The zero-order valence-electron chi connectivity index (χ0n) is 12.3. The van der Waals surface area contributed by atoms with Gasteiger partial charge in [0.25, 0.3) is 5.91 Å². The van der Waals surface area contributed by atoms with Gasteiger partial charge in [0.05, 0.1) is 0 Å². The van der Waals surface area contributed by atoms with Gasteiger partial charge in [0.2, 0.25) is 0 Å². The molecule has 1 heterocycles. The van der Waals surface area contributed by atoms with Crippen LogP contribution in [-0.2, 0) is 13.6 Å². The number of carbonyl (C=O) groups is 1. The lowest BCUT2D eigenvalue weighted by molar-refractivity contribution is 0.0775. The smallest absolute Gasteiger partial charge is 0.270 e. The molecule has 0 fully saturated rings. The normalized spacial score (nSPS) is 10.7. The van der Waals surface area contributed by atoms with Crippen LogP contribution in [0.3, 0.4) is 0 Å². The van der Waals surface area contributed by atoms with Gasteiger partial charge in [-0.1, -0.05) is 23.8 Å². The topological polar surface area (TPSA) is 25.2 Å². The van der Waals surface area contributed by atoms with Crippen LogP contribution in [0.15, 0.2) is 34.9 Å². The molecular formula is C16H19BrN2O. The van der Waals surface area contributed by atoms with E-state index in [0.717, 1.165) is 4.47 Å². The van der Waals surface area contributed by atoms with Gasteiger partial charge in [0.1, 0.15) is 5.69 Å². The van der Waals surface area contributed by atoms with Crippen molar-refractivity contribution in [2.75, 3.05) is 7.05 Å². The first-order valence-electron chi connectivity index (χ1n) is 6.52. The maximum Gasteiger partial charge on any atom is 0.270 e. The van der Waals surface area contributed by atoms with Crippen LogP contribution < -0.4 is 0 Å².